The van der Waals surface area contributed by atoms with Crippen molar-refractivity contribution in [3.05, 3.63) is 29.8 Å². The predicted molar refractivity (Wildman–Crippen MR) is 95.2 cm³/mol. The second-order valence-electron chi connectivity index (χ2n) is 7.28. The van der Waals surface area contributed by atoms with Crippen molar-refractivity contribution in [1.29, 1.82) is 0 Å². The predicted octanol–water partition coefficient (Wildman–Crippen LogP) is 2.84. The molecule has 6 nitrogen and oxygen atoms in total. The molecule has 1 aliphatic rings. The van der Waals surface area contributed by atoms with Gasteiger partial charge in [-0.25, -0.2) is 4.79 Å². The highest BCUT2D eigenvalue weighted by Gasteiger charge is 2.39. The Morgan fingerprint density at radius 1 is 1.24 bits per heavy atom. The van der Waals surface area contributed by atoms with Gasteiger partial charge < -0.3 is 15.0 Å². The number of hydrogen-bond acceptors (Lipinski definition) is 4. The van der Waals surface area contributed by atoms with E-state index in [4.69, 9.17) is 4.74 Å². The van der Waals surface area contributed by atoms with Gasteiger partial charge in [-0.2, -0.15) is 0 Å². The molecule has 1 unspecified atom stereocenters. The summed E-state index contributed by atoms with van der Waals surface area (Å²) in [7, 11) is 0. The number of carbonyl (C=O) groups is 3. The molecule has 136 valence electrons. The molecule has 6 heteroatoms. The van der Waals surface area contributed by atoms with Gasteiger partial charge in [0.2, 0.25) is 11.8 Å². The normalized spacial score (nSPS) is 17.5. The maximum atomic E-state index is 12.4. The van der Waals surface area contributed by atoms with Gasteiger partial charge >= 0.3 is 5.97 Å². The van der Waals surface area contributed by atoms with E-state index in [1.165, 1.54) is 0 Å². The van der Waals surface area contributed by atoms with Crippen molar-refractivity contribution in [1.82, 2.24) is 4.90 Å². The van der Waals surface area contributed by atoms with Crippen molar-refractivity contribution in [2.45, 2.75) is 46.1 Å². The zero-order valence-electron chi connectivity index (χ0n) is 15.3. The summed E-state index contributed by atoms with van der Waals surface area (Å²) in [5.41, 5.74) is 0.757. The summed E-state index contributed by atoms with van der Waals surface area (Å²) in [6.07, 6.45) is 0.996. The van der Waals surface area contributed by atoms with Crippen LogP contribution in [-0.4, -0.2) is 41.4 Å². The molecule has 0 saturated carbocycles. The summed E-state index contributed by atoms with van der Waals surface area (Å²) in [6, 6.07) is 6.57. The van der Waals surface area contributed by atoms with Gasteiger partial charge in [-0.3, -0.25) is 9.59 Å². The topological polar surface area (TPSA) is 75.7 Å². The number of esters is 1. The van der Waals surface area contributed by atoms with Crippen molar-refractivity contribution >= 4 is 23.5 Å². The SMILES string of the molecule is CCCOC(=O)c1ccc(NC(=O)C2CC(=O)N(C(C)(C)C)C2)cc1. The van der Waals surface area contributed by atoms with Gasteiger partial charge in [-0.15, -0.1) is 0 Å². The minimum atomic E-state index is -0.373. The van der Waals surface area contributed by atoms with Crippen LogP contribution in [0, 0.1) is 5.92 Å². The summed E-state index contributed by atoms with van der Waals surface area (Å²) in [6.45, 7) is 8.62. The van der Waals surface area contributed by atoms with Crippen LogP contribution >= 0.6 is 0 Å². The molecule has 1 aromatic rings. The molecule has 0 spiro atoms. The van der Waals surface area contributed by atoms with Crippen LogP contribution in [0.2, 0.25) is 0 Å². The maximum absolute atomic E-state index is 12.4. The average molecular weight is 346 g/mol. The first-order chi connectivity index (χ1) is 11.7. The molecule has 0 aliphatic carbocycles. The Morgan fingerprint density at radius 3 is 2.40 bits per heavy atom. The minimum absolute atomic E-state index is 0.00154. The first-order valence-corrected chi connectivity index (χ1v) is 8.61. The van der Waals surface area contributed by atoms with Crippen LogP contribution in [0.25, 0.3) is 0 Å². The lowest BCUT2D eigenvalue weighted by Gasteiger charge is -2.31. The number of ether oxygens (including phenoxy) is 1. The number of likely N-dealkylation sites (tertiary alicyclic amines) is 1. The van der Waals surface area contributed by atoms with Gasteiger partial charge in [0.1, 0.15) is 0 Å². The Kier molecular flexibility index (Phi) is 5.82. The first-order valence-electron chi connectivity index (χ1n) is 8.61. The molecule has 1 saturated heterocycles. The lowest BCUT2D eigenvalue weighted by atomic mass is 10.1. The van der Waals surface area contributed by atoms with Crippen molar-refractivity contribution in [2.75, 3.05) is 18.5 Å². The van der Waals surface area contributed by atoms with Gasteiger partial charge in [0, 0.05) is 24.2 Å². The van der Waals surface area contributed by atoms with Crippen molar-refractivity contribution in [3.63, 3.8) is 0 Å². The van der Waals surface area contributed by atoms with Gasteiger partial charge in [0.05, 0.1) is 18.1 Å². The van der Waals surface area contributed by atoms with Crippen LogP contribution in [0.15, 0.2) is 24.3 Å². The summed E-state index contributed by atoms with van der Waals surface area (Å²) in [5, 5.41) is 2.82. The number of hydrogen-bond donors (Lipinski definition) is 1. The number of rotatable bonds is 5. The third-order valence-electron chi connectivity index (χ3n) is 4.13. The lowest BCUT2D eigenvalue weighted by molar-refractivity contribution is -0.131. The third kappa shape index (κ3) is 4.81. The summed E-state index contributed by atoms with van der Waals surface area (Å²) in [5.74, 6) is -0.911. The van der Waals surface area contributed by atoms with Gasteiger partial charge in [0.25, 0.3) is 0 Å². The highest BCUT2D eigenvalue weighted by atomic mass is 16.5. The van der Waals surface area contributed by atoms with Gasteiger partial charge in [-0.05, 0) is 51.5 Å². The third-order valence-corrected chi connectivity index (χ3v) is 4.13. The Hall–Kier alpha value is -2.37. The quantitative estimate of drug-likeness (QED) is 0.832. The van der Waals surface area contributed by atoms with E-state index in [1.54, 1.807) is 29.2 Å². The van der Waals surface area contributed by atoms with Crippen molar-refractivity contribution in [2.24, 2.45) is 5.92 Å². The highest BCUT2D eigenvalue weighted by Crippen LogP contribution is 2.26. The van der Waals surface area contributed by atoms with E-state index in [0.29, 0.717) is 24.4 Å². The van der Waals surface area contributed by atoms with E-state index in [0.717, 1.165) is 6.42 Å². The van der Waals surface area contributed by atoms with E-state index in [-0.39, 0.29) is 35.7 Å². The van der Waals surface area contributed by atoms with E-state index in [1.807, 2.05) is 27.7 Å². The van der Waals surface area contributed by atoms with E-state index in [9.17, 15) is 14.4 Å². The molecular formula is C19H26N2O4. The standard InChI is InChI=1S/C19H26N2O4/c1-5-10-25-18(24)13-6-8-15(9-7-13)20-17(23)14-11-16(22)21(12-14)19(2,3)4/h6-9,14H,5,10-12H2,1-4H3,(H,20,23). The largest absolute Gasteiger partial charge is 0.462 e. The minimum Gasteiger partial charge on any atom is -0.462 e. The number of nitrogens with zero attached hydrogens (tertiary/aromatic N) is 1. The van der Waals surface area contributed by atoms with Crippen LogP contribution in [0.1, 0.15) is 50.9 Å². The van der Waals surface area contributed by atoms with Crippen LogP contribution in [-0.2, 0) is 14.3 Å². The molecule has 1 aliphatic heterocycles. The number of amides is 2. The maximum Gasteiger partial charge on any atom is 0.338 e. The number of carbonyl (C=O) groups excluding carboxylic acids is 3. The molecular weight excluding hydrogens is 320 g/mol. The Morgan fingerprint density at radius 2 is 1.88 bits per heavy atom. The Balaban J connectivity index is 1.95. The molecule has 1 aromatic carbocycles. The van der Waals surface area contributed by atoms with Crippen molar-refractivity contribution < 1.29 is 19.1 Å². The zero-order valence-corrected chi connectivity index (χ0v) is 15.3. The molecule has 0 bridgehead atoms. The lowest BCUT2D eigenvalue weighted by Crippen LogP contribution is -2.42. The molecule has 1 N–H and O–H groups in total. The molecule has 1 atom stereocenters. The van der Waals surface area contributed by atoms with Crippen LogP contribution in [0.5, 0.6) is 0 Å². The Labute approximate surface area is 148 Å². The summed E-state index contributed by atoms with van der Waals surface area (Å²) >= 11 is 0. The Bertz CT molecular complexity index is 646. The van der Waals surface area contributed by atoms with Gasteiger partial charge in [-0.1, -0.05) is 6.92 Å². The molecule has 1 fully saturated rings. The van der Waals surface area contributed by atoms with Gasteiger partial charge in [0.15, 0.2) is 0 Å². The summed E-state index contributed by atoms with van der Waals surface area (Å²) < 4.78 is 5.07. The molecule has 2 rings (SSSR count). The molecule has 25 heavy (non-hydrogen) atoms. The molecule has 2 amide bonds. The highest BCUT2D eigenvalue weighted by molar-refractivity contribution is 5.98. The fourth-order valence-corrected chi connectivity index (χ4v) is 2.74. The molecule has 1 heterocycles. The van der Waals surface area contributed by atoms with E-state index in [2.05, 4.69) is 5.32 Å². The average Bonchev–Trinajstić information content (AvgIpc) is 2.95. The molecule has 0 radical (unpaired) electrons. The fraction of sp³-hybridized carbons (Fsp3) is 0.526. The molecule has 0 aromatic heterocycles. The monoisotopic (exact) mass is 346 g/mol. The summed E-state index contributed by atoms with van der Waals surface area (Å²) in [4.78, 5) is 38.0. The van der Waals surface area contributed by atoms with E-state index < -0.39 is 0 Å². The first kappa shape index (κ1) is 19.0. The van der Waals surface area contributed by atoms with Crippen LogP contribution in [0.3, 0.4) is 0 Å². The van der Waals surface area contributed by atoms with Crippen LogP contribution < -0.4 is 5.32 Å². The zero-order chi connectivity index (χ0) is 18.6. The van der Waals surface area contributed by atoms with E-state index >= 15 is 0 Å². The number of anilines is 1. The second kappa shape index (κ2) is 7.68. The fourth-order valence-electron chi connectivity index (χ4n) is 2.74. The smallest absolute Gasteiger partial charge is 0.338 e. The number of nitrogens with one attached hydrogen (secondary N) is 1. The second-order valence-corrected chi connectivity index (χ2v) is 7.28. The number of benzene rings is 1. The van der Waals surface area contributed by atoms with Crippen molar-refractivity contribution in [3.8, 4) is 0 Å². The van der Waals surface area contributed by atoms with Crippen LogP contribution in [0.4, 0.5) is 5.69 Å².